The third kappa shape index (κ3) is 8.45. The Bertz CT molecular complexity index is 771. The number of pyridine rings is 1. The largest absolute Gasteiger partial charge is 0.496 e. The summed E-state index contributed by atoms with van der Waals surface area (Å²) in [4.78, 5) is 8.57. The van der Waals surface area contributed by atoms with Crippen LogP contribution >= 0.6 is 24.0 Å². The number of hydrogen-bond acceptors (Lipinski definition) is 5. The van der Waals surface area contributed by atoms with Crippen LogP contribution in [0.5, 0.6) is 11.6 Å². The molecule has 0 bridgehead atoms. The Morgan fingerprint density at radius 2 is 1.93 bits per heavy atom. The molecule has 160 valence electrons. The molecule has 1 aromatic heterocycles. The lowest BCUT2D eigenvalue weighted by Gasteiger charge is -2.15. The van der Waals surface area contributed by atoms with Crippen molar-refractivity contribution in [2.45, 2.75) is 19.9 Å². The first kappa shape index (κ1) is 25.0. The Balaban J connectivity index is 0.00000420. The second-order valence-corrected chi connectivity index (χ2v) is 6.23. The first-order chi connectivity index (χ1) is 13.7. The summed E-state index contributed by atoms with van der Waals surface area (Å²) in [5.41, 5.74) is 3.35. The molecule has 0 spiro atoms. The molecule has 0 aliphatic heterocycles. The van der Waals surface area contributed by atoms with Gasteiger partial charge in [0, 0.05) is 39.0 Å². The van der Waals surface area contributed by atoms with Crippen LogP contribution in [0.4, 0.5) is 0 Å². The monoisotopic (exact) mass is 514 g/mol. The maximum Gasteiger partial charge on any atom is 0.218 e. The summed E-state index contributed by atoms with van der Waals surface area (Å²) < 4.78 is 16.1. The Kier molecular flexibility index (Phi) is 12.1. The van der Waals surface area contributed by atoms with E-state index in [0.29, 0.717) is 25.6 Å². The van der Waals surface area contributed by atoms with Gasteiger partial charge in [0.05, 0.1) is 13.7 Å². The van der Waals surface area contributed by atoms with Gasteiger partial charge in [-0.25, -0.2) is 4.98 Å². The summed E-state index contributed by atoms with van der Waals surface area (Å²) in [5, 5.41) is 6.63. The molecule has 1 heterocycles. The average Bonchev–Trinajstić information content (AvgIpc) is 2.71. The molecule has 7 nitrogen and oxygen atoms in total. The molecule has 0 unspecified atom stereocenters. The van der Waals surface area contributed by atoms with Gasteiger partial charge in [0.15, 0.2) is 5.96 Å². The molecule has 0 radical (unpaired) electrons. The third-order valence-corrected chi connectivity index (χ3v) is 4.17. The lowest BCUT2D eigenvalue weighted by atomic mass is 10.1. The maximum absolute atomic E-state index is 5.67. The van der Waals surface area contributed by atoms with Gasteiger partial charge in [0.2, 0.25) is 5.88 Å². The molecule has 2 rings (SSSR count). The van der Waals surface area contributed by atoms with E-state index in [0.717, 1.165) is 30.2 Å². The zero-order valence-electron chi connectivity index (χ0n) is 17.5. The Hall–Kier alpha value is -2.07. The predicted molar refractivity (Wildman–Crippen MR) is 127 cm³/mol. The van der Waals surface area contributed by atoms with Crippen molar-refractivity contribution in [1.82, 2.24) is 15.6 Å². The third-order valence-electron chi connectivity index (χ3n) is 4.17. The molecule has 29 heavy (non-hydrogen) atoms. The van der Waals surface area contributed by atoms with E-state index in [9.17, 15) is 0 Å². The zero-order chi connectivity index (χ0) is 20.2. The number of aromatic nitrogens is 1. The first-order valence-corrected chi connectivity index (χ1v) is 9.31. The number of nitrogens with zero attached hydrogens (tertiary/aromatic N) is 2. The van der Waals surface area contributed by atoms with E-state index in [2.05, 4.69) is 39.7 Å². The number of hydrogen-bond donors (Lipinski definition) is 2. The number of rotatable bonds is 10. The highest BCUT2D eigenvalue weighted by Crippen LogP contribution is 2.19. The fourth-order valence-corrected chi connectivity index (χ4v) is 2.73. The van der Waals surface area contributed by atoms with E-state index in [4.69, 9.17) is 14.2 Å². The van der Waals surface area contributed by atoms with Crippen LogP contribution in [0.15, 0.2) is 41.5 Å². The van der Waals surface area contributed by atoms with Crippen LogP contribution in [0, 0.1) is 6.92 Å². The number of aryl methyl sites for hydroxylation is 1. The van der Waals surface area contributed by atoms with E-state index in [-0.39, 0.29) is 24.0 Å². The molecule has 0 saturated carbocycles. The van der Waals surface area contributed by atoms with Gasteiger partial charge in [0.1, 0.15) is 12.4 Å². The lowest BCUT2D eigenvalue weighted by Crippen LogP contribution is -2.38. The summed E-state index contributed by atoms with van der Waals surface area (Å²) in [7, 11) is 5.09. The Labute approximate surface area is 190 Å². The summed E-state index contributed by atoms with van der Waals surface area (Å²) in [6.45, 7) is 4.37. The van der Waals surface area contributed by atoms with Crippen LogP contribution in [-0.4, -0.2) is 52.0 Å². The Morgan fingerprint density at radius 1 is 1.10 bits per heavy atom. The molecule has 0 amide bonds. The summed E-state index contributed by atoms with van der Waals surface area (Å²) >= 11 is 0. The quantitative estimate of drug-likeness (QED) is 0.220. The zero-order valence-corrected chi connectivity index (χ0v) is 19.9. The highest BCUT2D eigenvalue weighted by molar-refractivity contribution is 14.0. The molecule has 1 aromatic carbocycles. The molecule has 2 N–H and O–H groups in total. The van der Waals surface area contributed by atoms with E-state index < -0.39 is 0 Å². The van der Waals surface area contributed by atoms with Gasteiger partial charge < -0.3 is 24.8 Å². The van der Waals surface area contributed by atoms with Crippen molar-refractivity contribution in [1.29, 1.82) is 0 Å². The second-order valence-electron chi connectivity index (χ2n) is 6.23. The van der Waals surface area contributed by atoms with Gasteiger partial charge >= 0.3 is 0 Å². The summed E-state index contributed by atoms with van der Waals surface area (Å²) in [6, 6.07) is 10.1. The van der Waals surface area contributed by atoms with E-state index in [1.165, 1.54) is 11.1 Å². The average molecular weight is 514 g/mol. The lowest BCUT2D eigenvalue weighted by molar-refractivity contribution is 0.143. The molecule has 0 aliphatic rings. The van der Waals surface area contributed by atoms with Crippen LogP contribution in [0.2, 0.25) is 0 Å². The highest BCUT2D eigenvalue weighted by atomic mass is 127. The van der Waals surface area contributed by atoms with Crippen LogP contribution < -0.4 is 20.1 Å². The fourth-order valence-electron chi connectivity index (χ4n) is 2.73. The van der Waals surface area contributed by atoms with Crippen LogP contribution in [0.25, 0.3) is 0 Å². The van der Waals surface area contributed by atoms with Crippen molar-refractivity contribution in [2.75, 3.05) is 41.0 Å². The van der Waals surface area contributed by atoms with E-state index in [1.807, 2.05) is 18.2 Å². The number of ether oxygens (including phenoxy) is 3. The molecule has 2 aromatic rings. The summed E-state index contributed by atoms with van der Waals surface area (Å²) in [5.74, 6) is 2.23. The molecular weight excluding hydrogens is 483 g/mol. The van der Waals surface area contributed by atoms with E-state index in [1.54, 1.807) is 27.5 Å². The smallest absolute Gasteiger partial charge is 0.218 e. The van der Waals surface area contributed by atoms with Crippen molar-refractivity contribution >= 4 is 29.9 Å². The number of halogens is 1. The molecule has 0 fully saturated rings. The number of guanidine groups is 1. The van der Waals surface area contributed by atoms with Crippen molar-refractivity contribution in [2.24, 2.45) is 4.99 Å². The van der Waals surface area contributed by atoms with Gasteiger partial charge in [-0.05, 0) is 31.0 Å². The van der Waals surface area contributed by atoms with Gasteiger partial charge in [0.25, 0.3) is 0 Å². The van der Waals surface area contributed by atoms with Gasteiger partial charge in [-0.1, -0.05) is 23.8 Å². The van der Waals surface area contributed by atoms with Crippen LogP contribution in [0.1, 0.15) is 16.7 Å². The minimum Gasteiger partial charge on any atom is -0.496 e. The number of benzene rings is 1. The number of methoxy groups -OCH3 is 2. The van der Waals surface area contributed by atoms with Crippen molar-refractivity contribution < 1.29 is 14.2 Å². The molecule has 0 saturated heterocycles. The topological polar surface area (TPSA) is 77.0 Å². The number of aliphatic imine (C=N–C) groups is 1. The minimum atomic E-state index is 0. The van der Waals surface area contributed by atoms with Crippen molar-refractivity contribution in [3.63, 3.8) is 0 Å². The molecular formula is C21H31IN4O3. The standard InChI is InChI=1S/C21H30N4O3.HI/c1-16-7-8-19(27-4)17(14-16)9-11-24-21(22-2)25-15-18-6-5-10-23-20(18)28-13-12-26-3;/h5-8,10,14H,9,11-13,15H2,1-4H3,(H2,22,24,25);1H. The van der Waals surface area contributed by atoms with Gasteiger partial charge in [-0.15, -0.1) is 24.0 Å². The van der Waals surface area contributed by atoms with Crippen LogP contribution in [0.3, 0.4) is 0 Å². The van der Waals surface area contributed by atoms with Crippen molar-refractivity contribution in [3.05, 3.63) is 53.2 Å². The van der Waals surface area contributed by atoms with Crippen molar-refractivity contribution in [3.8, 4) is 11.6 Å². The second kappa shape index (κ2) is 14.0. The van der Waals surface area contributed by atoms with Gasteiger partial charge in [-0.2, -0.15) is 0 Å². The maximum atomic E-state index is 5.67. The fraction of sp³-hybridized carbons (Fsp3) is 0.429. The first-order valence-electron chi connectivity index (χ1n) is 9.31. The predicted octanol–water partition coefficient (Wildman–Crippen LogP) is 2.95. The highest BCUT2D eigenvalue weighted by Gasteiger charge is 2.07. The normalized spacial score (nSPS) is 10.8. The SMILES string of the molecule is CN=C(NCCc1cc(C)ccc1OC)NCc1cccnc1OCCOC.I. The molecule has 8 heteroatoms. The number of nitrogens with one attached hydrogen (secondary N) is 2. The van der Waals surface area contributed by atoms with Crippen LogP contribution in [-0.2, 0) is 17.7 Å². The molecule has 0 aliphatic carbocycles. The van der Waals surface area contributed by atoms with Gasteiger partial charge in [-0.3, -0.25) is 4.99 Å². The summed E-state index contributed by atoms with van der Waals surface area (Å²) in [6.07, 6.45) is 2.55. The molecule has 0 atom stereocenters. The van der Waals surface area contributed by atoms with E-state index >= 15 is 0 Å². The Morgan fingerprint density at radius 3 is 2.66 bits per heavy atom. The minimum absolute atomic E-state index is 0.